The number of benzene rings is 2. The van der Waals surface area contributed by atoms with E-state index in [2.05, 4.69) is 4.72 Å². The Balaban J connectivity index is 2.02. The van der Waals surface area contributed by atoms with E-state index >= 15 is 0 Å². The number of nitrogens with zero attached hydrogens (tertiary/aromatic N) is 1. The van der Waals surface area contributed by atoms with Gasteiger partial charge in [0.05, 0.1) is 12.3 Å². The Morgan fingerprint density at radius 2 is 1.69 bits per heavy atom. The molecule has 0 unspecified atom stereocenters. The molecule has 138 valence electrons. The van der Waals surface area contributed by atoms with Crippen LogP contribution < -0.4 is 4.72 Å². The molecule has 7 heteroatoms. The maximum atomic E-state index is 13.0. The average Bonchev–Trinajstić information content (AvgIpc) is 2.59. The van der Waals surface area contributed by atoms with E-state index in [4.69, 9.17) is 0 Å². The van der Waals surface area contributed by atoms with Crippen LogP contribution in [0.25, 0.3) is 6.08 Å². The zero-order valence-electron chi connectivity index (χ0n) is 14.8. The molecule has 0 aromatic heterocycles. The molecular weight excluding hydrogens is 355 g/mol. The number of hydrogen-bond donors (Lipinski definition) is 1. The molecule has 0 saturated heterocycles. The Kier molecular flexibility index (Phi) is 6.15. The number of anilines is 1. The molecule has 0 aliphatic carbocycles. The van der Waals surface area contributed by atoms with E-state index in [1.54, 1.807) is 54.4 Å². The summed E-state index contributed by atoms with van der Waals surface area (Å²) in [5, 5.41) is 0. The van der Waals surface area contributed by atoms with E-state index in [9.17, 15) is 17.6 Å². The van der Waals surface area contributed by atoms with E-state index < -0.39 is 10.0 Å². The quantitative estimate of drug-likeness (QED) is 0.786. The standard InChI is InChI=1S/C19H21FN2O3S/c1-14(16-7-9-17(20)10-8-16)22(2)19(23)13-6-15-4-11-18(12-5-15)21-26(3,24)25/h4-14,21H,1-3H3/b13-6-/t14-/m0/s1. The largest absolute Gasteiger partial charge is 0.335 e. The van der Waals surface area contributed by atoms with Crippen LogP contribution in [0.1, 0.15) is 24.1 Å². The number of amides is 1. The van der Waals surface area contributed by atoms with Crippen molar-refractivity contribution in [1.29, 1.82) is 0 Å². The summed E-state index contributed by atoms with van der Waals surface area (Å²) >= 11 is 0. The van der Waals surface area contributed by atoms with Crippen molar-refractivity contribution in [3.63, 3.8) is 0 Å². The molecule has 1 amide bonds. The third kappa shape index (κ3) is 5.70. The number of carbonyl (C=O) groups excluding carboxylic acids is 1. The van der Waals surface area contributed by atoms with Gasteiger partial charge in [0.2, 0.25) is 15.9 Å². The van der Waals surface area contributed by atoms with Gasteiger partial charge in [-0.2, -0.15) is 0 Å². The molecule has 2 aromatic carbocycles. The van der Waals surface area contributed by atoms with E-state index in [1.165, 1.54) is 18.2 Å². The van der Waals surface area contributed by atoms with Gasteiger partial charge in [-0.1, -0.05) is 24.3 Å². The Bertz CT molecular complexity index is 891. The van der Waals surface area contributed by atoms with Crippen LogP contribution in [0.5, 0.6) is 0 Å². The van der Waals surface area contributed by atoms with Crippen molar-refractivity contribution in [2.45, 2.75) is 13.0 Å². The Hall–Kier alpha value is -2.67. The zero-order chi connectivity index (χ0) is 19.3. The Morgan fingerprint density at radius 3 is 2.23 bits per heavy atom. The molecule has 1 N–H and O–H groups in total. The second-order valence-electron chi connectivity index (χ2n) is 6.01. The summed E-state index contributed by atoms with van der Waals surface area (Å²) in [6.07, 6.45) is 4.18. The minimum atomic E-state index is -3.32. The van der Waals surface area contributed by atoms with Crippen molar-refractivity contribution < 1.29 is 17.6 Å². The van der Waals surface area contributed by atoms with Gasteiger partial charge in [-0.25, -0.2) is 12.8 Å². The van der Waals surface area contributed by atoms with E-state index in [-0.39, 0.29) is 17.8 Å². The number of rotatable bonds is 6. The van der Waals surface area contributed by atoms with Gasteiger partial charge in [0.1, 0.15) is 5.82 Å². The highest BCUT2D eigenvalue weighted by molar-refractivity contribution is 7.92. The molecule has 0 fully saturated rings. The molecule has 0 radical (unpaired) electrons. The van der Waals surface area contributed by atoms with Gasteiger partial charge in [0.15, 0.2) is 0 Å². The lowest BCUT2D eigenvalue weighted by atomic mass is 10.1. The monoisotopic (exact) mass is 376 g/mol. The fourth-order valence-corrected chi connectivity index (χ4v) is 2.88. The normalized spacial score (nSPS) is 12.8. The molecule has 1 atom stereocenters. The lowest BCUT2D eigenvalue weighted by Gasteiger charge is -2.24. The maximum Gasteiger partial charge on any atom is 0.246 e. The van der Waals surface area contributed by atoms with Crippen LogP contribution in [0, 0.1) is 5.82 Å². The van der Waals surface area contributed by atoms with Crippen molar-refractivity contribution in [3.8, 4) is 0 Å². The average molecular weight is 376 g/mol. The third-order valence-electron chi connectivity index (χ3n) is 3.91. The van der Waals surface area contributed by atoms with Crippen molar-refractivity contribution in [2.24, 2.45) is 0 Å². The predicted octanol–water partition coefficient (Wildman–Crippen LogP) is 3.43. The Labute approximate surface area is 153 Å². The molecule has 2 rings (SSSR count). The minimum absolute atomic E-state index is 0.194. The van der Waals surface area contributed by atoms with E-state index in [0.29, 0.717) is 5.69 Å². The molecule has 26 heavy (non-hydrogen) atoms. The van der Waals surface area contributed by atoms with Crippen LogP contribution in [0.2, 0.25) is 0 Å². The Morgan fingerprint density at radius 1 is 1.12 bits per heavy atom. The fraction of sp³-hybridized carbons (Fsp3) is 0.211. The van der Waals surface area contributed by atoms with Crippen LogP contribution in [0.3, 0.4) is 0 Å². The number of sulfonamides is 1. The first-order valence-electron chi connectivity index (χ1n) is 7.94. The highest BCUT2D eigenvalue weighted by Crippen LogP contribution is 2.19. The minimum Gasteiger partial charge on any atom is -0.335 e. The molecule has 0 heterocycles. The summed E-state index contributed by atoms with van der Waals surface area (Å²) < 4.78 is 37.7. The number of halogens is 1. The molecule has 0 aliphatic heterocycles. The fourth-order valence-electron chi connectivity index (χ4n) is 2.32. The number of carbonyl (C=O) groups is 1. The highest BCUT2D eigenvalue weighted by atomic mass is 32.2. The first-order chi connectivity index (χ1) is 12.2. The van der Waals surface area contributed by atoms with E-state index in [0.717, 1.165) is 17.4 Å². The molecule has 0 saturated carbocycles. The smallest absolute Gasteiger partial charge is 0.246 e. The van der Waals surface area contributed by atoms with Crippen molar-refractivity contribution in [2.75, 3.05) is 18.0 Å². The molecule has 0 bridgehead atoms. The highest BCUT2D eigenvalue weighted by Gasteiger charge is 2.15. The second kappa shape index (κ2) is 8.14. The van der Waals surface area contributed by atoms with Gasteiger partial charge in [0.25, 0.3) is 0 Å². The van der Waals surface area contributed by atoms with Crippen LogP contribution in [-0.2, 0) is 14.8 Å². The topological polar surface area (TPSA) is 66.5 Å². The van der Waals surface area contributed by atoms with Crippen molar-refractivity contribution >= 4 is 27.7 Å². The van der Waals surface area contributed by atoms with Crippen LogP contribution in [-0.4, -0.2) is 32.5 Å². The number of hydrogen-bond acceptors (Lipinski definition) is 3. The van der Waals surface area contributed by atoms with Gasteiger partial charge in [0, 0.05) is 18.8 Å². The number of likely N-dealkylation sites (N-methyl/N-ethyl adjacent to an activating group) is 1. The van der Waals surface area contributed by atoms with Crippen molar-refractivity contribution in [3.05, 3.63) is 71.6 Å². The van der Waals surface area contributed by atoms with Gasteiger partial charge >= 0.3 is 0 Å². The maximum absolute atomic E-state index is 13.0. The van der Waals surface area contributed by atoms with E-state index in [1.807, 2.05) is 6.92 Å². The van der Waals surface area contributed by atoms with Gasteiger partial charge < -0.3 is 4.90 Å². The number of nitrogens with one attached hydrogen (secondary N) is 1. The van der Waals surface area contributed by atoms with Gasteiger partial charge in [-0.05, 0) is 48.4 Å². The van der Waals surface area contributed by atoms with Gasteiger partial charge in [-0.3, -0.25) is 9.52 Å². The van der Waals surface area contributed by atoms with Crippen LogP contribution in [0.15, 0.2) is 54.6 Å². The molecule has 2 aromatic rings. The summed E-state index contributed by atoms with van der Waals surface area (Å²) in [7, 11) is -1.64. The predicted molar refractivity (Wildman–Crippen MR) is 102 cm³/mol. The summed E-state index contributed by atoms with van der Waals surface area (Å²) in [5.41, 5.74) is 2.06. The summed E-state index contributed by atoms with van der Waals surface area (Å²) in [4.78, 5) is 13.9. The third-order valence-corrected chi connectivity index (χ3v) is 4.52. The van der Waals surface area contributed by atoms with Gasteiger partial charge in [-0.15, -0.1) is 0 Å². The summed E-state index contributed by atoms with van der Waals surface area (Å²) in [6, 6.07) is 12.5. The van der Waals surface area contributed by atoms with Crippen LogP contribution >= 0.6 is 0 Å². The summed E-state index contributed by atoms with van der Waals surface area (Å²) in [5.74, 6) is -0.510. The lowest BCUT2D eigenvalue weighted by Crippen LogP contribution is -2.27. The summed E-state index contributed by atoms with van der Waals surface area (Å²) in [6.45, 7) is 1.87. The first kappa shape index (κ1) is 19.7. The van der Waals surface area contributed by atoms with Crippen molar-refractivity contribution in [1.82, 2.24) is 4.90 Å². The lowest BCUT2D eigenvalue weighted by molar-refractivity contribution is -0.126. The van der Waals surface area contributed by atoms with Crippen LogP contribution in [0.4, 0.5) is 10.1 Å². The molecule has 0 spiro atoms. The first-order valence-corrected chi connectivity index (χ1v) is 9.83. The zero-order valence-corrected chi connectivity index (χ0v) is 15.6. The molecule has 0 aliphatic rings. The second-order valence-corrected chi connectivity index (χ2v) is 7.75. The molecule has 5 nitrogen and oxygen atoms in total. The molecular formula is C19H21FN2O3S. The SMILES string of the molecule is C[C@@H](c1ccc(F)cc1)N(C)C(=O)/C=C\c1ccc(NS(C)(=O)=O)cc1.